The Morgan fingerprint density at radius 2 is 1.77 bits per heavy atom. The lowest BCUT2D eigenvalue weighted by Crippen LogP contribution is -2.44. The summed E-state index contributed by atoms with van der Waals surface area (Å²) in [5.74, 6) is -3.77. The van der Waals surface area contributed by atoms with Crippen molar-refractivity contribution in [1.82, 2.24) is 5.32 Å². The molecule has 0 saturated heterocycles. The summed E-state index contributed by atoms with van der Waals surface area (Å²) in [5, 5.41) is 4.27. The number of anilines is 1. The van der Waals surface area contributed by atoms with Gasteiger partial charge in [0.1, 0.15) is 33.2 Å². The van der Waals surface area contributed by atoms with Crippen LogP contribution in [0.5, 0.6) is 0 Å². The van der Waals surface area contributed by atoms with Crippen molar-refractivity contribution in [3.8, 4) is 0 Å². The number of carbonyl (C=O) groups is 2. The van der Waals surface area contributed by atoms with Gasteiger partial charge in [-0.15, -0.1) is 0 Å². The second-order valence-corrected chi connectivity index (χ2v) is 7.02. The van der Waals surface area contributed by atoms with E-state index in [1.54, 1.807) is 0 Å². The average Bonchev–Trinajstić information content (AvgIpc) is 2.37. The van der Waals surface area contributed by atoms with E-state index in [9.17, 15) is 26.8 Å². The van der Waals surface area contributed by atoms with E-state index in [-0.39, 0.29) is 12.2 Å². The highest BCUT2D eigenvalue weighted by molar-refractivity contribution is 7.90. The first kappa shape index (κ1) is 18.0. The third-order valence-electron chi connectivity index (χ3n) is 2.68. The average molecular weight is 334 g/mol. The van der Waals surface area contributed by atoms with Gasteiger partial charge in [0.25, 0.3) is 0 Å². The number of hydrogen-bond donors (Lipinski definition) is 2. The van der Waals surface area contributed by atoms with Crippen LogP contribution in [0.25, 0.3) is 0 Å². The molecule has 0 saturated carbocycles. The molecule has 2 N–H and O–H groups in total. The Balaban J connectivity index is 2.89. The lowest BCUT2D eigenvalue weighted by molar-refractivity contribution is -0.125. The van der Waals surface area contributed by atoms with E-state index in [1.807, 2.05) is 5.32 Å². The van der Waals surface area contributed by atoms with Gasteiger partial charge < -0.3 is 10.6 Å². The first-order valence-electron chi connectivity index (χ1n) is 6.30. The minimum absolute atomic E-state index is 0.208. The quantitative estimate of drug-likeness (QED) is 0.806. The second-order valence-electron chi connectivity index (χ2n) is 4.76. The fraction of sp³-hybridized carbons (Fsp3) is 0.385. The molecule has 9 heteroatoms. The van der Waals surface area contributed by atoms with E-state index in [4.69, 9.17) is 0 Å². The number of hydrogen-bond acceptors (Lipinski definition) is 4. The van der Waals surface area contributed by atoms with E-state index in [2.05, 4.69) is 5.32 Å². The normalized spacial score (nSPS) is 12.5. The van der Waals surface area contributed by atoms with Gasteiger partial charge in [-0.3, -0.25) is 9.59 Å². The first-order valence-corrected chi connectivity index (χ1v) is 8.36. The van der Waals surface area contributed by atoms with E-state index in [0.29, 0.717) is 0 Å². The molecule has 0 heterocycles. The van der Waals surface area contributed by atoms with Crippen LogP contribution >= 0.6 is 0 Å². The van der Waals surface area contributed by atoms with Crippen LogP contribution in [-0.2, 0) is 19.4 Å². The fourth-order valence-electron chi connectivity index (χ4n) is 1.67. The molecule has 122 valence electrons. The van der Waals surface area contributed by atoms with Crippen LogP contribution in [0, 0.1) is 11.6 Å². The van der Waals surface area contributed by atoms with Crippen molar-refractivity contribution in [2.24, 2.45) is 0 Å². The Kier molecular flexibility index (Phi) is 5.98. The van der Waals surface area contributed by atoms with Crippen LogP contribution in [0.15, 0.2) is 18.2 Å². The summed E-state index contributed by atoms with van der Waals surface area (Å²) < 4.78 is 49.2. The van der Waals surface area contributed by atoms with Crippen LogP contribution in [0.1, 0.15) is 13.3 Å². The van der Waals surface area contributed by atoms with Crippen molar-refractivity contribution in [2.45, 2.75) is 19.4 Å². The zero-order valence-corrected chi connectivity index (χ0v) is 12.8. The number of benzene rings is 1. The molecule has 22 heavy (non-hydrogen) atoms. The Bertz CT molecular complexity index is 656. The van der Waals surface area contributed by atoms with Gasteiger partial charge in [0.15, 0.2) is 0 Å². The highest BCUT2D eigenvalue weighted by Crippen LogP contribution is 2.18. The van der Waals surface area contributed by atoms with Crippen LogP contribution in [0.2, 0.25) is 0 Å². The van der Waals surface area contributed by atoms with Crippen molar-refractivity contribution in [1.29, 1.82) is 0 Å². The molecule has 2 amide bonds. The molecule has 0 unspecified atom stereocenters. The lowest BCUT2D eigenvalue weighted by atomic mass is 10.2. The maximum Gasteiger partial charge on any atom is 0.247 e. The molecule has 1 aromatic rings. The van der Waals surface area contributed by atoms with Gasteiger partial charge in [0.05, 0.1) is 5.75 Å². The highest BCUT2D eigenvalue weighted by Gasteiger charge is 2.23. The number of carbonyl (C=O) groups excluding carboxylic acids is 2. The lowest BCUT2D eigenvalue weighted by Gasteiger charge is -2.17. The molecule has 1 atom stereocenters. The topological polar surface area (TPSA) is 92.3 Å². The van der Waals surface area contributed by atoms with Gasteiger partial charge in [-0.1, -0.05) is 6.07 Å². The van der Waals surface area contributed by atoms with Crippen LogP contribution in [0.3, 0.4) is 0 Å². The Hall–Kier alpha value is -2.03. The van der Waals surface area contributed by atoms with Gasteiger partial charge in [-0.05, 0) is 18.6 Å². The molecule has 0 aliphatic rings. The SMILES string of the molecule is CC(=O)N[C@H](CCS(C)(=O)=O)C(=O)Nc1c(F)cccc1F. The summed E-state index contributed by atoms with van der Waals surface area (Å²) in [7, 11) is -3.36. The van der Waals surface area contributed by atoms with Gasteiger partial charge in [-0.25, -0.2) is 17.2 Å². The maximum atomic E-state index is 13.5. The summed E-state index contributed by atoms with van der Waals surface area (Å²) in [6.45, 7) is 1.14. The molecule has 0 radical (unpaired) electrons. The number of rotatable bonds is 6. The number of para-hydroxylation sites is 1. The molecular weight excluding hydrogens is 318 g/mol. The summed E-state index contributed by atoms with van der Waals surface area (Å²) in [6, 6.07) is 1.84. The third-order valence-corrected chi connectivity index (χ3v) is 3.66. The largest absolute Gasteiger partial charge is 0.345 e. The smallest absolute Gasteiger partial charge is 0.247 e. The molecular formula is C13H16F2N2O4S. The zero-order chi connectivity index (χ0) is 16.9. The number of halogens is 2. The number of sulfone groups is 1. The molecule has 1 aromatic carbocycles. The first-order chi connectivity index (χ1) is 10.1. The van der Waals surface area contributed by atoms with E-state index in [1.165, 1.54) is 0 Å². The molecule has 6 nitrogen and oxygen atoms in total. The molecule has 0 fully saturated rings. The number of amides is 2. The third kappa shape index (κ3) is 5.76. The molecule has 0 aliphatic carbocycles. The Morgan fingerprint density at radius 3 is 2.23 bits per heavy atom. The summed E-state index contributed by atoms with van der Waals surface area (Å²) in [5.41, 5.74) is -0.651. The van der Waals surface area contributed by atoms with Crippen molar-refractivity contribution in [3.05, 3.63) is 29.8 Å². The maximum absolute atomic E-state index is 13.5. The highest BCUT2D eigenvalue weighted by atomic mass is 32.2. The van der Waals surface area contributed by atoms with Crippen molar-refractivity contribution in [2.75, 3.05) is 17.3 Å². The summed E-state index contributed by atoms with van der Waals surface area (Å²) >= 11 is 0. The van der Waals surface area contributed by atoms with Gasteiger partial charge in [0, 0.05) is 13.2 Å². The van der Waals surface area contributed by atoms with Gasteiger partial charge in [-0.2, -0.15) is 0 Å². The molecule has 1 rings (SSSR count). The minimum atomic E-state index is -3.36. The molecule has 0 spiro atoms. The summed E-state index contributed by atoms with van der Waals surface area (Å²) in [6.07, 6.45) is 0.770. The molecule has 0 aromatic heterocycles. The van der Waals surface area contributed by atoms with Crippen LogP contribution in [-0.4, -0.2) is 38.3 Å². The second kappa shape index (κ2) is 7.30. The predicted molar refractivity (Wildman–Crippen MR) is 76.9 cm³/mol. The van der Waals surface area contributed by atoms with Crippen molar-refractivity contribution in [3.63, 3.8) is 0 Å². The van der Waals surface area contributed by atoms with Gasteiger partial charge >= 0.3 is 0 Å². The molecule has 0 bridgehead atoms. The standard InChI is InChI=1S/C13H16F2N2O4S/c1-8(18)16-11(6-7-22(2,20)21)13(19)17-12-9(14)4-3-5-10(12)15/h3-5,11H,6-7H2,1-2H3,(H,16,18)(H,17,19)/t11-/m1/s1. The Morgan fingerprint density at radius 1 is 1.23 bits per heavy atom. The van der Waals surface area contributed by atoms with Gasteiger partial charge in [0.2, 0.25) is 11.8 Å². The predicted octanol–water partition coefficient (Wildman–Crippen LogP) is 0.843. The van der Waals surface area contributed by atoms with E-state index < -0.39 is 45.0 Å². The van der Waals surface area contributed by atoms with E-state index in [0.717, 1.165) is 31.4 Å². The van der Waals surface area contributed by atoms with E-state index >= 15 is 0 Å². The Labute approximate surface area is 126 Å². The zero-order valence-electron chi connectivity index (χ0n) is 12.0. The fourth-order valence-corrected chi connectivity index (χ4v) is 2.34. The van der Waals surface area contributed by atoms with Crippen LogP contribution < -0.4 is 10.6 Å². The van der Waals surface area contributed by atoms with Crippen molar-refractivity contribution < 1.29 is 26.8 Å². The van der Waals surface area contributed by atoms with Crippen molar-refractivity contribution >= 4 is 27.3 Å². The number of nitrogens with one attached hydrogen (secondary N) is 2. The monoisotopic (exact) mass is 334 g/mol. The molecule has 0 aliphatic heterocycles. The van der Waals surface area contributed by atoms with Crippen LogP contribution in [0.4, 0.5) is 14.5 Å². The summed E-state index contributed by atoms with van der Waals surface area (Å²) in [4.78, 5) is 23.1. The minimum Gasteiger partial charge on any atom is -0.345 e.